The monoisotopic (exact) mass is 1400 g/mol. The van der Waals surface area contributed by atoms with E-state index in [2.05, 4.69) is 49.4 Å². The fraction of sp³-hybridized carbons (Fsp3) is 0.592. The number of hydrogen-bond acceptors (Lipinski definition) is 13. The molecule has 10 aliphatic rings. The minimum Gasteiger partial charge on any atom is -0.490 e. The highest BCUT2D eigenvalue weighted by atomic mass is 35.5. The van der Waals surface area contributed by atoms with Crippen molar-refractivity contribution in [2.45, 2.75) is 176 Å². The van der Waals surface area contributed by atoms with Gasteiger partial charge >= 0.3 is 0 Å². The summed E-state index contributed by atoms with van der Waals surface area (Å²) >= 11 is 12.9. The summed E-state index contributed by atoms with van der Waals surface area (Å²) in [4.78, 5) is 62.5. The number of aryl methyl sites for hydroxylation is 2. The molecule has 4 aromatic carbocycles. The van der Waals surface area contributed by atoms with Crippen molar-refractivity contribution in [3.8, 4) is 11.5 Å². The minimum atomic E-state index is -4.02. The SMILES string of the molecule is C=S1(=O)NC(=O)c2ccc3c(c2)N(C[C@@H]2CC[C@H]2[C@@](O)(CC(=O)N2CCCC2)CCC[C@H](C)[C@H]1C)C[C@@]1(CCCc2cc(Cl)ccc21)CO3.C[C@@H]1[C@@H](C)C/C=C/[C@@](O)([C@@H]2CCN(C)C2=O)[C@@H]2CC[C@H]2CN2C[C@@]3(CCCc4cc(Cl)ccc43)COc3ccc(cc32)C(=O)NS1(=O)=O. The van der Waals surface area contributed by atoms with Gasteiger partial charge in [-0.15, -0.1) is 0 Å². The van der Waals surface area contributed by atoms with Gasteiger partial charge in [0, 0.05) is 90.1 Å². The molecule has 524 valence electrons. The predicted octanol–water partition coefficient (Wildman–Crippen LogP) is 11.2. The standard InChI is InChI=1S/C39H52ClN3O5S.C37H46ClN3O6S/c1-26-8-6-17-39(46,22-36(44)42-18-4-5-19-42)33-13-10-30(33)23-43-24-38(16-7-9-28-20-31(40)12-14-32(28)38)25-48-35-15-11-29(21-34(35)43)37(45)41-49(3,47)27(26)2;1-23-6-4-16-37(44,31-14-17-40(3)35(31)43)30-11-8-27(30)20-41-21-36(15-5-7-25-18-28(38)10-12-29(25)36)22-47-33-13-9-26(19-32(33)41)34(42)39-48(45,46)24(23)2/h11-12,14-15,20-21,26-27,30,33,46H,3-10,13,16-19,22-25H2,1-2H3,(H,41,45,47);4,9-10,12-13,16,18-19,23-24,27,30-31,44H,5-8,11,14-15,17,20-22H2,1-3H3,(H,39,42)/b;16-4+/t26-,27+,30-,33+,38-,39-,49?;23-,24+,27-,30+,31+,36-,37-/m00/s1. The molecule has 4 fully saturated rings. The third-order valence-corrected chi connectivity index (χ3v) is 29.5. The summed E-state index contributed by atoms with van der Waals surface area (Å²) in [5.74, 6) is 3.44. The quantitative estimate of drug-likeness (QED) is 0.111. The van der Waals surface area contributed by atoms with Crippen LogP contribution in [0.5, 0.6) is 11.5 Å². The summed E-state index contributed by atoms with van der Waals surface area (Å²) in [5.41, 5.74) is 4.07. The number of aliphatic hydroxyl groups is 2. The first-order chi connectivity index (χ1) is 46.2. The normalized spacial score (nSPS) is 35.2. The molecule has 0 radical (unpaired) electrons. The van der Waals surface area contributed by atoms with Gasteiger partial charge in [-0.2, -0.15) is 0 Å². The second-order valence-corrected chi connectivity index (χ2v) is 36.2. The molecule has 0 aromatic heterocycles. The van der Waals surface area contributed by atoms with E-state index in [0.717, 1.165) is 113 Å². The van der Waals surface area contributed by atoms with Gasteiger partial charge in [-0.25, -0.2) is 17.3 Å². The number of halogens is 2. The van der Waals surface area contributed by atoms with Crippen LogP contribution < -0.4 is 28.7 Å². The number of fused-ring (bicyclic) bond motifs is 8. The van der Waals surface area contributed by atoms with Crippen molar-refractivity contribution in [2.24, 2.45) is 41.4 Å². The third-order valence-electron chi connectivity index (χ3n) is 24.9. The van der Waals surface area contributed by atoms with Gasteiger partial charge in [-0.3, -0.25) is 23.9 Å². The zero-order valence-corrected chi connectivity index (χ0v) is 60.2. The molecular weight excluding hydrogens is 1310 g/mol. The van der Waals surface area contributed by atoms with Crippen LogP contribution in [0.1, 0.15) is 173 Å². The van der Waals surface area contributed by atoms with Gasteiger partial charge in [0.1, 0.15) is 11.5 Å². The predicted molar refractivity (Wildman–Crippen MR) is 383 cm³/mol. The average Bonchev–Trinajstić information content (AvgIpc) is 1.72. The molecule has 97 heavy (non-hydrogen) atoms. The van der Waals surface area contributed by atoms with Crippen molar-refractivity contribution < 1.29 is 51.5 Å². The van der Waals surface area contributed by atoms with E-state index in [1.807, 2.05) is 56.0 Å². The Bertz CT molecular complexity index is 3980. The van der Waals surface area contributed by atoms with Crippen molar-refractivity contribution in [1.29, 1.82) is 0 Å². The number of nitrogens with one attached hydrogen (secondary N) is 2. The topological polar surface area (TPSA) is 215 Å². The maximum atomic E-state index is 13.9. The molecule has 2 saturated carbocycles. The Kier molecular flexibility index (Phi) is 19.6. The van der Waals surface area contributed by atoms with E-state index in [1.54, 1.807) is 49.2 Å². The molecule has 17 nitrogen and oxygen atoms in total. The minimum absolute atomic E-state index is 0.00527. The van der Waals surface area contributed by atoms with E-state index in [9.17, 15) is 42.0 Å². The molecule has 14 rings (SSSR count). The Hall–Kier alpha value is -5.83. The lowest BCUT2D eigenvalue weighted by Crippen LogP contribution is -2.56. The van der Waals surface area contributed by atoms with E-state index in [-0.39, 0.29) is 75.4 Å². The Morgan fingerprint density at radius 3 is 1.71 bits per heavy atom. The molecule has 2 saturated heterocycles. The Morgan fingerprint density at radius 2 is 1.19 bits per heavy atom. The summed E-state index contributed by atoms with van der Waals surface area (Å²) in [6, 6.07) is 23.0. The second-order valence-electron chi connectivity index (χ2n) is 30.8. The highest BCUT2D eigenvalue weighted by Gasteiger charge is 2.56. The van der Waals surface area contributed by atoms with Gasteiger partial charge < -0.3 is 39.3 Å². The lowest BCUT2D eigenvalue weighted by Gasteiger charge is -2.50. The molecule has 4 bridgehead atoms. The van der Waals surface area contributed by atoms with Crippen LogP contribution in [0.4, 0.5) is 11.4 Å². The smallest absolute Gasteiger partial charge is 0.264 e. The summed E-state index contributed by atoms with van der Waals surface area (Å²) < 4.78 is 59.1. The van der Waals surface area contributed by atoms with Gasteiger partial charge in [0.05, 0.1) is 63.1 Å². The second kappa shape index (κ2) is 27.3. The fourth-order valence-corrected chi connectivity index (χ4v) is 21.5. The van der Waals surface area contributed by atoms with Crippen LogP contribution in [-0.2, 0) is 53.0 Å². The van der Waals surface area contributed by atoms with Crippen LogP contribution in [0, 0.1) is 41.4 Å². The van der Waals surface area contributed by atoms with E-state index in [0.29, 0.717) is 93.7 Å². The van der Waals surface area contributed by atoms with E-state index in [4.69, 9.17) is 32.7 Å². The third kappa shape index (κ3) is 13.6. The number of likely N-dealkylation sites (tertiary alicyclic amines) is 2. The van der Waals surface area contributed by atoms with Gasteiger partial charge in [-0.05, 0) is 241 Å². The molecule has 4 amide bonds. The highest BCUT2D eigenvalue weighted by molar-refractivity contribution is 7.99. The number of anilines is 2. The molecule has 2 spiro atoms. The molecule has 6 aliphatic heterocycles. The number of hydrogen-bond donors (Lipinski definition) is 4. The van der Waals surface area contributed by atoms with E-state index >= 15 is 0 Å². The van der Waals surface area contributed by atoms with E-state index < -0.39 is 53.9 Å². The maximum absolute atomic E-state index is 13.9. The number of amides is 4. The summed E-state index contributed by atoms with van der Waals surface area (Å²) in [5, 5.41) is 25.4. The van der Waals surface area contributed by atoms with Crippen molar-refractivity contribution in [1.82, 2.24) is 19.2 Å². The first-order valence-electron chi connectivity index (χ1n) is 35.7. The van der Waals surface area contributed by atoms with Crippen LogP contribution >= 0.6 is 23.2 Å². The zero-order valence-electron chi connectivity index (χ0n) is 57.0. The van der Waals surface area contributed by atoms with Crippen LogP contribution in [0.25, 0.3) is 0 Å². The number of nitrogens with zero attached hydrogens (tertiary/aromatic N) is 4. The number of carbonyl (C=O) groups is 4. The molecule has 4 N–H and O–H groups in total. The molecular formula is C76H98Cl2N6O11S2. The van der Waals surface area contributed by atoms with Crippen molar-refractivity contribution >= 4 is 83.8 Å². The van der Waals surface area contributed by atoms with Gasteiger partial charge in [0.15, 0.2) is 0 Å². The average molecular weight is 1410 g/mol. The van der Waals surface area contributed by atoms with Crippen LogP contribution in [0.2, 0.25) is 10.0 Å². The molecule has 4 aliphatic carbocycles. The van der Waals surface area contributed by atoms with Crippen molar-refractivity contribution in [2.75, 3.05) is 75.9 Å². The summed E-state index contributed by atoms with van der Waals surface area (Å²) in [6.45, 7) is 13.0. The largest absolute Gasteiger partial charge is 0.490 e. The number of rotatable bonds is 3. The number of sulfonamides is 1. The van der Waals surface area contributed by atoms with Crippen molar-refractivity contribution in [3.05, 3.63) is 128 Å². The summed E-state index contributed by atoms with van der Waals surface area (Å²) in [6.07, 6.45) is 18.0. The first kappa shape index (κ1) is 69.6. The van der Waals surface area contributed by atoms with Crippen LogP contribution in [0.3, 0.4) is 0 Å². The summed E-state index contributed by atoms with van der Waals surface area (Å²) in [7, 11) is -5.22. The molecule has 1 unspecified atom stereocenters. The maximum Gasteiger partial charge on any atom is 0.264 e. The number of benzene rings is 4. The lowest BCUT2D eigenvalue weighted by atomic mass is 9.60. The van der Waals surface area contributed by atoms with Gasteiger partial charge in [0.2, 0.25) is 21.8 Å². The van der Waals surface area contributed by atoms with Crippen LogP contribution in [0.15, 0.2) is 84.9 Å². The van der Waals surface area contributed by atoms with Gasteiger partial charge in [0.25, 0.3) is 11.8 Å². The zero-order chi connectivity index (χ0) is 68.6. The first-order valence-corrected chi connectivity index (χ1v) is 39.8. The fourth-order valence-electron chi connectivity index (χ4n) is 18.4. The number of allylic oxidation sites excluding steroid dienone is 1. The Labute approximate surface area is 583 Å². The van der Waals surface area contributed by atoms with Crippen LogP contribution in [-0.4, -0.2) is 150 Å². The van der Waals surface area contributed by atoms with Gasteiger partial charge in [-0.1, -0.05) is 67.8 Å². The van der Waals surface area contributed by atoms with Crippen molar-refractivity contribution in [3.63, 3.8) is 0 Å². The van der Waals surface area contributed by atoms with E-state index in [1.165, 1.54) is 22.3 Å². The molecule has 21 heteroatoms. The number of carbonyl (C=O) groups excluding carboxylic acids is 4. The highest BCUT2D eigenvalue weighted by Crippen LogP contribution is 2.53. The Morgan fingerprint density at radius 1 is 0.639 bits per heavy atom. The molecule has 4 aromatic rings. The lowest BCUT2D eigenvalue weighted by molar-refractivity contribution is -0.145. The molecule has 14 atom stereocenters. The number of ether oxygens (including phenoxy) is 2. The molecule has 6 heterocycles. The Balaban J connectivity index is 0.000000175.